The van der Waals surface area contributed by atoms with E-state index in [-0.39, 0.29) is 17.3 Å². The van der Waals surface area contributed by atoms with Crippen molar-refractivity contribution >= 4 is 11.6 Å². The van der Waals surface area contributed by atoms with Crippen LogP contribution in [0.25, 0.3) is 0 Å². The third-order valence-corrected chi connectivity index (χ3v) is 7.65. The fraction of sp³-hybridized carbons (Fsp3) is 0.556. The Hall–Kier alpha value is -1.50. The van der Waals surface area contributed by atoms with Crippen molar-refractivity contribution in [1.29, 1.82) is 0 Å². The standard InChI is InChI=1S/C27H36ClFN2O2/c1-26(2)20-31(14-12-27(26,32)22-6-8-23(28)9-7-22)16-15-30-13-3-17-33-25(19-30)18-21-4-10-24(29)11-5-21/h4-11,25,32H,3,12-20H2,1-2H3/t25-,27-/m1/s1. The van der Waals surface area contributed by atoms with Crippen LogP contribution in [-0.4, -0.2) is 66.9 Å². The van der Waals surface area contributed by atoms with Gasteiger partial charge in [0, 0.05) is 56.3 Å². The molecule has 33 heavy (non-hydrogen) atoms. The molecule has 1 N–H and O–H groups in total. The van der Waals surface area contributed by atoms with Crippen LogP contribution < -0.4 is 0 Å². The van der Waals surface area contributed by atoms with Crippen molar-refractivity contribution in [3.05, 3.63) is 70.5 Å². The minimum Gasteiger partial charge on any atom is -0.385 e. The molecular weight excluding hydrogens is 439 g/mol. The Morgan fingerprint density at radius 1 is 1.03 bits per heavy atom. The van der Waals surface area contributed by atoms with Crippen LogP contribution >= 0.6 is 11.6 Å². The normalized spacial score (nSPS) is 26.8. The van der Waals surface area contributed by atoms with Gasteiger partial charge in [0.2, 0.25) is 0 Å². The van der Waals surface area contributed by atoms with Crippen LogP contribution in [0, 0.1) is 11.2 Å². The summed E-state index contributed by atoms with van der Waals surface area (Å²) >= 11 is 6.06. The maximum absolute atomic E-state index is 13.2. The fourth-order valence-corrected chi connectivity index (χ4v) is 5.47. The van der Waals surface area contributed by atoms with Crippen LogP contribution in [0.15, 0.2) is 48.5 Å². The lowest BCUT2D eigenvalue weighted by molar-refractivity contribution is -0.126. The molecule has 180 valence electrons. The van der Waals surface area contributed by atoms with Crippen molar-refractivity contribution < 1.29 is 14.2 Å². The summed E-state index contributed by atoms with van der Waals surface area (Å²) in [5.41, 5.74) is 0.934. The van der Waals surface area contributed by atoms with E-state index in [1.165, 1.54) is 12.1 Å². The minimum absolute atomic E-state index is 0.130. The minimum atomic E-state index is -0.856. The molecule has 4 nitrogen and oxygen atoms in total. The summed E-state index contributed by atoms with van der Waals surface area (Å²) in [6.07, 6.45) is 2.67. The molecule has 2 heterocycles. The summed E-state index contributed by atoms with van der Waals surface area (Å²) < 4.78 is 19.3. The van der Waals surface area contributed by atoms with Gasteiger partial charge in [0.1, 0.15) is 5.82 Å². The quantitative estimate of drug-likeness (QED) is 0.656. The highest BCUT2D eigenvalue weighted by Gasteiger charge is 2.48. The van der Waals surface area contributed by atoms with E-state index in [0.29, 0.717) is 11.4 Å². The van der Waals surface area contributed by atoms with Gasteiger partial charge < -0.3 is 14.7 Å². The van der Waals surface area contributed by atoms with Crippen molar-refractivity contribution in [2.24, 2.45) is 5.41 Å². The summed E-state index contributed by atoms with van der Waals surface area (Å²) in [5, 5.41) is 12.3. The number of aliphatic hydroxyl groups is 1. The van der Waals surface area contributed by atoms with Crippen LogP contribution in [0.3, 0.4) is 0 Å². The van der Waals surface area contributed by atoms with Gasteiger partial charge in [0.15, 0.2) is 0 Å². The average molecular weight is 475 g/mol. The highest BCUT2D eigenvalue weighted by molar-refractivity contribution is 6.30. The third-order valence-electron chi connectivity index (χ3n) is 7.39. The topological polar surface area (TPSA) is 35.9 Å². The first kappa shape index (κ1) is 24.6. The van der Waals surface area contributed by atoms with Gasteiger partial charge in [-0.2, -0.15) is 0 Å². The molecule has 2 aliphatic heterocycles. The van der Waals surface area contributed by atoms with E-state index < -0.39 is 5.60 Å². The van der Waals surface area contributed by atoms with E-state index in [2.05, 4.69) is 23.6 Å². The molecule has 2 atom stereocenters. The van der Waals surface area contributed by atoms with Crippen molar-refractivity contribution in [2.75, 3.05) is 45.9 Å². The SMILES string of the molecule is CC1(C)CN(CCN2CCCO[C@H](Cc3ccc(F)cc3)C2)CC[C@@]1(O)c1ccc(Cl)cc1. The number of nitrogens with zero attached hydrogens (tertiary/aromatic N) is 2. The van der Waals surface area contributed by atoms with Crippen molar-refractivity contribution in [1.82, 2.24) is 9.80 Å². The number of hydrogen-bond donors (Lipinski definition) is 1. The summed E-state index contributed by atoms with van der Waals surface area (Å²) in [5.74, 6) is -0.199. The number of halogens is 2. The van der Waals surface area contributed by atoms with Crippen LogP contribution in [-0.2, 0) is 16.8 Å². The molecule has 4 rings (SSSR count). The first-order chi connectivity index (χ1) is 15.7. The number of piperidine rings is 1. The Labute approximate surface area is 202 Å². The zero-order chi connectivity index (χ0) is 23.5. The molecule has 2 fully saturated rings. The van der Waals surface area contributed by atoms with Gasteiger partial charge in [0.25, 0.3) is 0 Å². The van der Waals surface area contributed by atoms with Gasteiger partial charge >= 0.3 is 0 Å². The molecule has 0 amide bonds. The lowest BCUT2D eigenvalue weighted by Gasteiger charge is -2.51. The van der Waals surface area contributed by atoms with Crippen molar-refractivity contribution in [3.8, 4) is 0 Å². The number of hydrogen-bond acceptors (Lipinski definition) is 4. The predicted molar refractivity (Wildman–Crippen MR) is 131 cm³/mol. The van der Waals surface area contributed by atoms with Gasteiger partial charge in [-0.25, -0.2) is 4.39 Å². The van der Waals surface area contributed by atoms with Crippen LogP contribution in [0.5, 0.6) is 0 Å². The lowest BCUT2D eigenvalue weighted by Crippen LogP contribution is -2.56. The molecule has 6 heteroatoms. The molecule has 0 unspecified atom stereocenters. The molecule has 0 radical (unpaired) electrons. The first-order valence-corrected chi connectivity index (χ1v) is 12.4. The van der Waals surface area contributed by atoms with Crippen molar-refractivity contribution in [2.45, 2.75) is 44.8 Å². The second-order valence-electron chi connectivity index (χ2n) is 10.3. The van der Waals surface area contributed by atoms with E-state index in [4.69, 9.17) is 16.3 Å². The zero-order valence-corrected chi connectivity index (χ0v) is 20.5. The molecule has 0 aromatic heterocycles. The highest BCUT2D eigenvalue weighted by Crippen LogP contribution is 2.46. The maximum Gasteiger partial charge on any atom is 0.123 e. The van der Waals surface area contributed by atoms with E-state index in [0.717, 1.165) is 69.8 Å². The molecule has 0 saturated carbocycles. The van der Waals surface area contributed by atoms with Gasteiger partial charge in [-0.15, -0.1) is 0 Å². The molecule has 2 saturated heterocycles. The molecule has 2 aliphatic rings. The molecule has 0 bridgehead atoms. The smallest absolute Gasteiger partial charge is 0.123 e. The summed E-state index contributed by atoms with van der Waals surface area (Å²) in [6, 6.07) is 14.4. The summed E-state index contributed by atoms with van der Waals surface area (Å²) in [4.78, 5) is 4.97. The second kappa shape index (κ2) is 10.4. The van der Waals surface area contributed by atoms with Crippen LogP contribution in [0.2, 0.25) is 5.02 Å². The first-order valence-electron chi connectivity index (χ1n) is 12.0. The molecular formula is C27H36ClFN2O2. The van der Waals surface area contributed by atoms with E-state index in [1.54, 1.807) is 0 Å². The number of ether oxygens (including phenoxy) is 1. The fourth-order valence-electron chi connectivity index (χ4n) is 5.34. The number of benzene rings is 2. The summed E-state index contributed by atoms with van der Waals surface area (Å²) in [7, 11) is 0. The van der Waals surface area contributed by atoms with Gasteiger partial charge in [-0.3, -0.25) is 4.90 Å². The Bertz CT molecular complexity index is 905. The lowest BCUT2D eigenvalue weighted by atomic mass is 9.66. The van der Waals surface area contributed by atoms with Gasteiger partial charge in [-0.1, -0.05) is 49.7 Å². The Balaban J connectivity index is 1.32. The maximum atomic E-state index is 13.2. The van der Waals surface area contributed by atoms with Crippen molar-refractivity contribution in [3.63, 3.8) is 0 Å². The molecule has 2 aromatic carbocycles. The Morgan fingerprint density at radius 3 is 2.42 bits per heavy atom. The molecule has 0 spiro atoms. The zero-order valence-electron chi connectivity index (χ0n) is 19.8. The van der Waals surface area contributed by atoms with Crippen LogP contribution in [0.4, 0.5) is 4.39 Å². The van der Waals surface area contributed by atoms with E-state index >= 15 is 0 Å². The monoisotopic (exact) mass is 474 g/mol. The predicted octanol–water partition coefficient (Wildman–Crippen LogP) is 4.73. The van der Waals surface area contributed by atoms with E-state index in [9.17, 15) is 9.50 Å². The molecule has 2 aromatic rings. The van der Waals surface area contributed by atoms with Gasteiger partial charge in [-0.05, 0) is 54.7 Å². The second-order valence-corrected chi connectivity index (χ2v) is 10.7. The number of likely N-dealkylation sites (tertiary alicyclic amines) is 1. The molecule has 0 aliphatic carbocycles. The largest absolute Gasteiger partial charge is 0.385 e. The van der Waals surface area contributed by atoms with Crippen LogP contribution in [0.1, 0.15) is 37.8 Å². The third kappa shape index (κ3) is 5.95. The highest BCUT2D eigenvalue weighted by atomic mass is 35.5. The Kier molecular flexibility index (Phi) is 7.76. The van der Waals surface area contributed by atoms with Gasteiger partial charge in [0.05, 0.1) is 11.7 Å². The Morgan fingerprint density at radius 2 is 1.73 bits per heavy atom. The number of rotatable bonds is 6. The van der Waals surface area contributed by atoms with E-state index in [1.807, 2.05) is 36.4 Å². The average Bonchev–Trinajstić information content (AvgIpc) is 3.01. The summed E-state index contributed by atoms with van der Waals surface area (Å²) in [6.45, 7) is 10.7.